The van der Waals surface area contributed by atoms with Gasteiger partial charge in [0.1, 0.15) is 5.15 Å². The molecular weight excluding hydrogens is 402 g/mol. The highest BCUT2D eigenvalue weighted by Gasteiger charge is 2.14. The van der Waals surface area contributed by atoms with E-state index in [-0.39, 0.29) is 0 Å². The highest BCUT2D eigenvalue weighted by molar-refractivity contribution is 6.30. The fourth-order valence-corrected chi connectivity index (χ4v) is 3.71. The summed E-state index contributed by atoms with van der Waals surface area (Å²) in [5.74, 6) is 0.491. The van der Waals surface area contributed by atoms with Gasteiger partial charge in [-0.2, -0.15) is 10.3 Å². The maximum atomic E-state index is 6.41. The van der Waals surface area contributed by atoms with Gasteiger partial charge in [0.25, 0.3) is 0 Å². The molecule has 30 heavy (non-hydrogen) atoms. The Morgan fingerprint density at radius 3 is 2.70 bits per heavy atom. The second kappa shape index (κ2) is 7.60. The normalized spacial score (nSPS) is 11.3. The van der Waals surface area contributed by atoms with Gasteiger partial charge < -0.3 is 4.90 Å². The number of benzene rings is 1. The summed E-state index contributed by atoms with van der Waals surface area (Å²) >= 11 is 6.41. The highest BCUT2D eigenvalue weighted by atomic mass is 35.5. The summed E-state index contributed by atoms with van der Waals surface area (Å²) < 4.78 is 3.77. The monoisotopic (exact) mass is 419 g/mol. The van der Waals surface area contributed by atoms with Gasteiger partial charge in [-0.15, -0.1) is 10.2 Å². The van der Waals surface area contributed by atoms with Gasteiger partial charge in [0, 0.05) is 49.3 Å². The van der Waals surface area contributed by atoms with Crippen molar-refractivity contribution in [3.05, 3.63) is 71.8 Å². The minimum absolute atomic E-state index is 0.491. The van der Waals surface area contributed by atoms with Crippen LogP contribution in [0.3, 0.4) is 0 Å². The molecule has 5 rings (SSSR count). The van der Waals surface area contributed by atoms with E-state index in [0.717, 1.165) is 41.4 Å². The van der Waals surface area contributed by atoms with Crippen molar-refractivity contribution in [1.29, 1.82) is 0 Å². The van der Waals surface area contributed by atoms with Gasteiger partial charge in [0.15, 0.2) is 5.65 Å². The van der Waals surface area contributed by atoms with E-state index in [4.69, 9.17) is 11.6 Å². The predicted molar refractivity (Wildman–Crippen MR) is 114 cm³/mol. The summed E-state index contributed by atoms with van der Waals surface area (Å²) in [6.07, 6.45) is 4.44. The van der Waals surface area contributed by atoms with Crippen molar-refractivity contribution in [3.8, 4) is 17.2 Å². The van der Waals surface area contributed by atoms with Crippen LogP contribution in [-0.4, -0.2) is 53.4 Å². The zero-order chi connectivity index (χ0) is 20.5. The number of nitrogens with zero attached hydrogens (tertiary/aromatic N) is 8. The van der Waals surface area contributed by atoms with Crippen molar-refractivity contribution >= 4 is 22.9 Å². The molecule has 0 spiro atoms. The molecule has 1 aromatic carbocycles. The van der Waals surface area contributed by atoms with Gasteiger partial charge in [-0.05, 0) is 47.7 Å². The summed E-state index contributed by atoms with van der Waals surface area (Å²) in [7, 11) is 2.07. The van der Waals surface area contributed by atoms with E-state index in [9.17, 15) is 0 Å². The molecule has 1 N–H and O–H groups in total. The molecule has 0 atom stereocenters. The molecule has 0 aliphatic carbocycles. The lowest BCUT2D eigenvalue weighted by atomic mass is 10.2. The number of fused-ring (bicyclic) bond motifs is 1. The number of anilines is 1. The third-order valence-corrected chi connectivity index (χ3v) is 5.32. The van der Waals surface area contributed by atoms with Crippen molar-refractivity contribution < 1.29 is 0 Å². The van der Waals surface area contributed by atoms with Gasteiger partial charge in [-0.3, -0.25) is 4.57 Å². The Labute approximate surface area is 176 Å². The van der Waals surface area contributed by atoms with Crippen LogP contribution in [0.2, 0.25) is 5.15 Å². The van der Waals surface area contributed by atoms with Crippen molar-refractivity contribution in [2.24, 2.45) is 0 Å². The van der Waals surface area contributed by atoms with Crippen molar-refractivity contribution in [2.75, 3.05) is 18.5 Å². The fraction of sp³-hybridized carbons (Fsp3) is 0.150. The topological polar surface area (TPSA) is 92.8 Å². The number of aromatic nitrogens is 8. The molecule has 0 fully saturated rings. The molecule has 0 bridgehead atoms. The average Bonchev–Trinajstić information content (AvgIpc) is 3.52. The Balaban J connectivity index is 1.34. The Kier molecular flexibility index (Phi) is 4.64. The number of rotatable bonds is 6. The largest absolute Gasteiger partial charge is 0.374 e. The van der Waals surface area contributed by atoms with E-state index in [1.165, 1.54) is 0 Å². The van der Waals surface area contributed by atoms with Crippen LogP contribution in [0.5, 0.6) is 0 Å². The van der Waals surface area contributed by atoms with Crippen LogP contribution < -0.4 is 4.90 Å². The fourth-order valence-electron chi connectivity index (χ4n) is 3.46. The van der Waals surface area contributed by atoms with Gasteiger partial charge in [-0.1, -0.05) is 11.6 Å². The Hall–Kier alpha value is -3.72. The smallest absolute Gasteiger partial charge is 0.221 e. The Morgan fingerprint density at radius 2 is 1.90 bits per heavy atom. The third-order valence-electron chi connectivity index (χ3n) is 5.03. The molecule has 5 aromatic rings. The minimum atomic E-state index is 0.491. The van der Waals surface area contributed by atoms with Crippen LogP contribution in [0.1, 0.15) is 5.69 Å². The summed E-state index contributed by atoms with van der Waals surface area (Å²) in [5.41, 5.74) is 4.79. The van der Waals surface area contributed by atoms with Crippen LogP contribution in [0, 0.1) is 0 Å². The lowest BCUT2D eigenvalue weighted by Crippen LogP contribution is -2.21. The first-order chi connectivity index (χ1) is 14.7. The average molecular weight is 420 g/mol. The lowest BCUT2D eigenvalue weighted by Gasteiger charge is -2.20. The molecule has 0 saturated carbocycles. The van der Waals surface area contributed by atoms with E-state index < -0.39 is 0 Å². The summed E-state index contributed by atoms with van der Waals surface area (Å²) in [6, 6.07) is 15.8. The minimum Gasteiger partial charge on any atom is -0.374 e. The van der Waals surface area contributed by atoms with Crippen molar-refractivity contribution in [1.82, 2.24) is 39.8 Å². The molecule has 10 heteroatoms. The van der Waals surface area contributed by atoms with Crippen LogP contribution in [0.4, 0.5) is 5.69 Å². The van der Waals surface area contributed by atoms with Crippen LogP contribution in [0.25, 0.3) is 22.9 Å². The first-order valence-electron chi connectivity index (χ1n) is 9.41. The predicted octanol–water partition coefficient (Wildman–Crippen LogP) is 3.03. The van der Waals surface area contributed by atoms with Gasteiger partial charge in [0.05, 0.1) is 11.9 Å². The van der Waals surface area contributed by atoms with Crippen molar-refractivity contribution in [3.63, 3.8) is 0 Å². The molecule has 150 valence electrons. The van der Waals surface area contributed by atoms with Crippen molar-refractivity contribution in [2.45, 2.75) is 6.42 Å². The van der Waals surface area contributed by atoms with Crippen LogP contribution in [-0.2, 0) is 6.42 Å². The second-order valence-corrected chi connectivity index (χ2v) is 7.22. The molecule has 4 heterocycles. The molecular formula is C20H18ClN9. The summed E-state index contributed by atoms with van der Waals surface area (Å²) in [6.45, 7) is 0.844. The van der Waals surface area contributed by atoms with Crippen LogP contribution in [0.15, 0.2) is 60.9 Å². The number of H-pyrrole nitrogens is 1. The quantitative estimate of drug-likeness (QED) is 0.454. The summed E-state index contributed by atoms with van der Waals surface area (Å²) in [4.78, 5) is 6.52. The van der Waals surface area contributed by atoms with E-state index in [0.29, 0.717) is 11.0 Å². The Bertz CT molecular complexity index is 1270. The summed E-state index contributed by atoms with van der Waals surface area (Å²) in [5, 5.41) is 19.1. The molecule has 4 aromatic heterocycles. The number of halogens is 1. The van der Waals surface area contributed by atoms with Gasteiger partial charge in [-0.25, -0.2) is 9.50 Å². The van der Waals surface area contributed by atoms with Gasteiger partial charge >= 0.3 is 0 Å². The number of likely N-dealkylation sites (N-methyl/N-ethyl adjacent to an activating group) is 1. The molecule has 0 amide bonds. The SMILES string of the molecule is CN(CCc1ccnc2ccnn12)c1ccc(-n2c(Cl)ccc2-c2nn[nH]n2)cc1. The van der Waals surface area contributed by atoms with Gasteiger partial charge in [0.2, 0.25) is 5.82 Å². The number of hydrogen-bond acceptors (Lipinski definition) is 6. The first kappa shape index (κ1) is 18.3. The van der Waals surface area contributed by atoms with E-state index >= 15 is 0 Å². The number of hydrogen-bond donors (Lipinski definition) is 1. The van der Waals surface area contributed by atoms with E-state index in [1.807, 2.05) is 51.7 Å². The first-order valence-corrected chi connectivity index (χ1v) is 9.79. The number of aromatic amines is 1. The molecule has 0 aliphatic rings. The molecule has 0 saturated heterocycles. The standard InChI is InChI=1S/C20H18ClN9/c1-28(13-10-16-8-11-22-19-9-12-23-30(16)19)14-2-4-15(5-3-14)29-17(6-7-18(29)21)20-24-26-27-25-20/h2-9,11-12H,10,13H2,1H3,(H,24,25,26,27). The highest BCUT2D eigenvalue weighted by Crippen LogP contribution is 2.28. The van der Waals surface area contributed by atoms with Crippen LogP contribution >= 0.6 is 11.6 Å². The number of nitrogens with one attached hydrogen (secondary N) is 1. The molecule has 0 unspecified atom stereocenters. The maximum absolute atomic E-state index is 6.41. The maximum Gasteiger partial charge on any atom is 0.221 e. The zero-order valence-corrected chi connectivity index (χ0v) is 16.9. The van der Waals surface area contributed by atoms with E-state index in [1.54, 1.807) is 6.20 Å². The number of tetrazole rings is 1. The molecule has 0 aliphatic heterocycles. The third kappa shape index (κ3) is 3.29. The molecule has 0 radical (unpaired) electrons. The van der Waals surface area contributed by atoms with E-state index in [2.05, 4.69) is 54.8 Å². The lowest BCUT2D eigenvalue weighted by molar-refractivity contribution is 0.790. The second-order valence-electron chi connectivity index (χ2n) is 6.84. The molecule has 9 nitrogen and oxygen atoms in total. The Morgan fingerprint density at radius 1 is 1.03 bits per heavy atom. The zero-order valence-electron chi connectivity index (χ0n) is 16.1.